The summed E-state index contributed by atoms with van der Waals surface area (Å²) in [7, 11) is 2.95. The molecule has 0 saturated heterocycles. The van der Waals surface area contributed by atoms with Crippen LogP contribution in [0.4, 0.5) is 0 Å². The van der Waals surface area contributed by atoms with Gasteiger partial charge in [0.1, 0.15) is 0 Å². The van der Waals surface area contributed by atoms with Crippen LogP contribution in [0.15, 0.2) is 0 Å². The summed E-state index contributed by atoms with van der Waals surface area (Å²) >= 11 is 0. The van der Waals surface area contributed by atoms with Crippen LogP contribution in [0, 0.1) is 10.8 Å². The van der Waals surface area contributed by atoms with Gasteiger partial charge in [0, 0.05) is 0 Å². The quantitative estimate of drug-likeness (QED) is 0.591. The van der Waals surface area contributed by atoms with Crippen molar-refractivity contribution in [3.63, 3.8) is 0 Å². The molecule has 0 N–H and O–H groups in total. The summed E-state index contributed by atoms with van der Waals surface area (Å²) < 4.78 is 0. The molecule has 1 heteroatoms. The maximum atomic E-state index is 2.95. The molecular formula is C12H27P. The Hall–Kier alpha value is 0.430. The Balaban J connectivity index is 4.25. The molecule has 0 amide bonds. The average molecular weight is 202 g/mol. The van der Waals surface area contributed by atoms with Gasteiger partial charge in [0.15, 0.2) is 0 Å². The fraction of sp³-hybridized carbons (Fsp3) is 1.00. The van der Waals surface area contributed by atoms with E-state index in [1.807, 2.05) is 0 Å². The first-order chi connectivity index (χ1) is 5.41. The van der Waals surface area contributed by atoms with E-state index in [0.717, 1.165) is 0 Å². The van der Waals surface area contributed by atoms with E-state index in [4.69, 9.17) is 0 Å². The van der Waals surface area contributed by atoms with Gasteiger partial charge in [-0.2, -0.15) is 0 Å². The van der Waals surface area contributed by atoms with Gasteiger partial charge >= 0.3 is 0 Å². The third-order valence-electron chi connectivity index (χ3n) is 1.94. The molecule has 0 aromatic carbocycles. The Labute approximate surface area is 87.1 Å². The second kappa shape index (κ2) is 3.89. The van der Waals surface area contributed by atoms with Crippen molar-refractivity contribution in [1.82, 2.24) is 0 Å². The van der Waals surface area contributed by atoms with Crippen molar-refractivity contribution in [3.8, 4) is 0 Å². The summed E-state index contributed by atoms with van der Waals surface area (Å²) in [5, 5.41) is 0.370. The maximum Gasteiger partial charge on any atom is -0.0201 e. The molecule has 0 aliphatic carbocycles. The SMILES string of the molecule is CC(C)(C)CC(C)(C)CC(C)(C)P. The van der Waals surface area contributed by atoms with Gasteiger partial charge in [-0.3, -0.25) is 0 Å². The van der Waals surface area contributed by atoms with E-state index in [9.17, 15) is 0 Å². The molecule has 0 bridgehead atoms. The Bertz CT molecular complexity index is 137. The Kier molecular flexibility index (Phi) is 4.02. The van der Waals surface area contributed by atoms with E-state index in [2.05, 4.69) is 57.7 Å². The van der Waals surface area contributed by atoms with Crippen molar-refractivity contribution in [2.45, 2.75) is 66.5 Å². The predicted molar refractivity (Wildman–Crippen MR) is 66.3 cm³/mol. The van der Waals surface area contributed by atoms with Gasteiger partial charge in [-0.1, -0.05) is 48.5 Å². The van der Waals surface area contributed by atoms with Crippen LogP contribution in [0.3, 0.4) is 0 Å². The lowest BCUT2D eigenvalue weighted by atomic mass is 9.72. The van der Waals surface area contributed by atoms with Crippen molar-refractivity contribution in [1.29, 1.82) is 0 Å². The van der Waals surface area contributed by atoms with Gasteiger partial charge in [0.2, 0.25) is 0 Å². The fourth-order valence-electron chi connectivity index (χ4n) is 2.73. The van der Waals surface area contributed by atoms with Crippen LogP contribution in [-0.4, -0.2) is 5.16 Å². The van der Waals surface area contributed by atoms with E-state index in [0.29, 0.717) is 16.0 Å². The molecule has 0 radical (unpaired) electrons. The Morgan fingerprint density at radius 3 is 1.38 bits per heavy atom. The smallest absolute Gasteiger partial charge is 0.0201 e. The van der Waals surface area contributed by atoms with Crippen molar-refractivity contribution >= 4 is 9.24 Å². The second-order valence-electron chi connectivity index (χ2n) is 7.07. The van der Waals surface area contributed by atoms with Gasteiger partial charge in [-0.25, -0.2) is 0 Å². The molecule has 1 unspecified atom stereocenters. The molecule has 0 spiro atoms. The fourth-order valence-corrected chi connectivity index (χ4v) is 3.28. The Morgan fingerprint density at radius 1 is 0.769 bits per heavy atom. The van der Waals surface area contributed by atoms with Crippen molar-refractivity contribution < 1.29 is 0 Å². The van der Waals surface area contributed by atoms with Crippen LogP contribution in [0.2, 0.25) is 0 Å². The van der Waals surface area contributed by atoms with Crippen molar-refractivity contribution in [3.05, 3.63) is 0 Å². The van der Waals surface area contributed by atoms with Gasteiger partial charge in [-0.05, 0) is 28.8 Å². The molecule has 0 nitrogen and oxygen atoms in total. The molecule has 1 atom stereocenters. The monoisotopic (exact) mass is 202 g/mol. The van der Waals surface area contributed by atoms with E-state index >= 15 is 0 Å². The van der Waals surface area contributed by atoms with Crippen molar-refractivity contribution in [2.75, 3.05) is 0 Å². The van der Waals surface area contributed by atoms with Gasteiger partial charge in [0.25, 0.3) is 0 Å². The van der Waals surface area contributed by atoms with Gasteiger partial charge in [0.05, 0.1) is 0 Å². The molecule has 0 aliphatic rings. The zero-order valence-electron chi connectivity index (χ0n) is 10.5. The third kappa shape index (κ3) is 8.75. The van der Waals surface area contributed by atoms with E-state index in [1.54, 1.807) is 0 Å². The molecule has 0 aromatic rings. The second-order valence-corrected chi connectivity index (χ2v) is 8.63. The van der Waals surface area contributed by atoms with Crippen LogP contribution < -0.4 is 0 Å². The highest BCUT2D eigenvalue weighted by atomic mass is 31.0. The lowest BCUT2D eigenvalue weighted by Gasteiger charge is -2.37. The van der Waals surface area contributed by atoms with Crippen molar-refractivity contribution in [2.24, 2.45) is 10.8 Å². The largest absolute Gasteiger partial charge is 0.132 e. The minimum absolute atomic E-state index is 0.370. The highest BCUT2D eigenvalue weighted by molar-refractivity contribution is 7.18. The summed E-state index contributed by atoms with van der Waals surface area (Å²) in [6, 6.07) is 0. The molecule has 0 fully saturated rings. The molecule has 0 saturated carbocycles. The Morgan fingerprint density at radius 2 is 1.15 bits per heavy atom. The van der Waals surface area contributed by atoms with E-state index < -0.39 is 0 Å². The predicted octanol–water partition coefficient (Wildman–Crippen LogP) is 4.49. The average Bonchev–Trinajstić information content (AvgIpc) is 1.43. The van der Waals surface area contributed by atoms with Crippen LogP contribution in [0.25, 0.3) is 0 Å². The molecule has 13 heavy (non-hydrogen) atoms. The number of hydrogen-bond donors (Lipinski definition) is 0. The summed E-state index contributed by atoms with van der Waals surface area (Å²) in [4.78, 5) is 0. The highest BCUT2D eigenvalue weighted by Crippen LogP contribution is 2.41. The third-order valence-corrected chi connectivity index (χ3v) is 2.15. The zero-order chi connectivity index (χ0) is 10.9. The van der Waals surface area contributed by atoms with Crippen LogP contribution in [0.1, 0.15) is 61.3 Å². The van der Waals surface area contributed by atoms with Crippen LogP contribution >= 0.6 is 9.24 Å². The van der Waals surface area contributed by atoms with Crippen LogP contribution in [0.5, 0.6) is 0 Å². The van der Waals surface area contributed by atoms with E-state index in [1.165, 1.54) is 12.8 Å². The molecule has 0 aliphatic heterocycles. The summed E-state index contributed by atoms with van der Waals surface area (Å²) in [5.41, 5.74) is 0.892. The maximum absolute atomic E-state index is 2.95. The summed E-state index contributed by atoms with van der Waals surface area (Å²) in [5.74, 6) is 0. The first-order valence-corrected chi connectivity index (χ1v) is 5.78. The summed E-state index contributed by atoms with van der Waals surface area (Å²) in [6.07, 6.45) is 2.56. The zero-order valence-corrected chi connectivity index (χ0v) is 11.6. The number of hydrogen-bond acceptors (Lipinski definition) is 0. The van der Waals surface area contributed by atoms with E-state index in [-0.39, 0.29) is 0 Å². The highest BCUT2D eigenvalue weighted by Gasteiger charge is 2.29. The minimum Gasteiger partial charge on any atom is -0.132 e. The van der Waals surface area contributed by atoms with Gasteiger partial charge < -0.3 is 0 Å². The topological polar surface area (TPSA) is 0 Å². The first kappa shape index (κ1) is 13.4. The molecular weight excluding hydrogens is 175 g/mol. The minimum atomic E-state index is 0.370. The molecule has 0 aromatic heterocycles. The number of rotatable bonds is 3. The normalized spacial score (nSPS) is 14.8. The standard InChI is InChI=1S/C12H27P/c1-10(2,3)8-11(4,5)9-12(6,7)13/h8-9,13H2,1-7H3. The van der Waals surface area contributed by atoms with Gasteiger partial charge in [-0.15, -0.1) is 9.24 Å². The molecule has 0 rings (SSSR count). The molecule has 80 valence electrons. The lowest BCUT2D eigenvalue weighted by molar-refractivity contribution is 0.186. The molecule has 0 heterocycles. The summed E-state index contributed by atoms with van der Waals surface area (Å²) in [6.45, 7) is 16.3. The first-order valence-electron chi connectivity index (χ1n) is 5.20. The lowest BCUT2D eigenvalue weighted by Crippen LogP contribution is -2.27. The van der Waals surface area contributed by atoms with Crippen LogP contribution in [-0.2, 0) is 0 Å².